The second-order valence-electron chi connectivity index (χ2n) is 10.7. The Balaban J connectivity index is 1.01. The Labute approximate surface area is 255 Å². The first-order chi connectivity index (χ1) is 21.3. The van der Waals surface area contributed by atoms with Crippen LogP contribution in [0.25, 0.3) is 22.1 Å². The summed E-state index contributed by atoms with van der Waals surface area (Å²) in [6, 6.07) is 19.7. The van der Waals surface area contributed by atoms with Crippen LogP contribution >= 0.6 is 11.8 Å². The fraction of sp³-hybridized carbons (Fsp3) is 0.312. The number of rotatable bonds is 9. The molecule has 1 aliphatic heterocycles. The zero-order chi connectivity index (χ0) is 30.7. The predicted octanol–water partition coefficient (Wildman–Crippen LogP) is 6.80. The van der Waals surface area contributed by atoms with Gasteiger partial charge < -0.3 is 14.4 Å². The molecule has 5 aromatic rings. The molecule has 2 aromatic heterocycles. The molecule has 0 unspecified atom stereocenters. The topological polar surface area (TPSA) is 67.2 Å². The number of benzene rings is 3. The number of unbranched alkanes of at least 4 members (excludes halogenated alkanes) is 1. The number of anilines is 1. The summed E-state index contributed by atoms with van der Waals surface area (Å²) in [6.45, 7) is 2.47. The van der Waals surface area contributed by atoms with E-state index in [1.165, 1.54) is 30.0 Å². The van der Waals surface area contributed by atoms with E-state index in [2.05, 4.69) is 14.8 Å². The number of carbonyl (C=O) groups excluding carboxylic acids is 1. The number of thioether (sulfide) groups is 1. The summed E-state index contributed by atoms with van der Waals surface area (Å²) in [5, 5.41) is 10.3. The smallest absolute Gasteiger partial charge is 0.368 e. The van der Waals surface area contributed by atoms with Crippen molar-refractivity contribution in [3.05, 3.63) is 89.7 Å². The molecule has 0 atom stereocenters. The van der Waals surface area contributed by atoms with Crippen LogP contribution in [-0.4, -0.2) is 62.5 Å². The number of nitrogens with zero attached hydrogens (tertiary/aromatic N) is 6. The lowest BCUT2D eigenvalue weighted by Crippen LogP contribution is -2.48. The lowest BCUT2D eigenvalue weighted by atomic mass is 10.1. The van der Waals surface area contributed by atoms with Crippen LogP contribution in [0.3, 0.4) is 0 Å². The highest BCUT2D eigenvalue weighted by Crippen LogP contribution is 2.32. The largest absolute Gasteiger partial charge is 0.416 e. The number of hydrogen-bond donors (Lipinski definition) is 0. The van der Waals surface area contributed by atoms with E-state index >= 15 is 0 Å². The molecule has 0 spiro atoms. The van der Waals surface area contributed by atoms with Crippen molar-refractivity contribution in [2.24, 2.45) is 0 Å². The zero-order valence-electron chi connectivity index (χ0n) is 23.8. The second-order valence-corrected chi connectivity index (χ2v) is 11.8. The molecule has 1 fully saturated rings. The van der Waals surface area contributed by atoms with Gasteiger partial charge in [0.25, 0.3) is 0 Å². The second kappa shape index (κ2) is 12.8. The van der Waals surface area contributed by atoms with E-state index < -0.39 is 11.7 Å². The first-order valence-electron chi connectivity index (χ1n) is 14.5. The molecule has 7 nitrogen and oxygen atoms in total. The summed E-state index contributed by atoms with van der Waals surface area (Å²) in [7, 11) is 0. The van der Waals surface area contributed by atoms with Gasteiger partial charge in [-0.15, -0.1) is 10.2 Å². The number of hydrogen-bond acceptors (Lipinski definition) is 6. The van der Waals surface area contributed by atoms with Crippen molar-refractivity contribution in [1.82, 2.24) is 24.6 Å². The number of aromatic nitrogens is 4. The molecule has 0 saturated carbocycles. The van der Waals surface area contributed by atoms with Gasteiger partial charge in [-0.1, -0.05) is 48.2 Å². The SMILES string of the molecule is O=C(CCCCSc1nnc2c3ccccc3n(Cc3ccc(F)cc3)c2n1)N1CCN(c2cccc(C(F)(F)F)c2)CC1. The molecule has 3 heterocycles. The standard InChI is InChI=1S/C32H30F4N6OS/c33-24-13-11-22(12-14-24)21-42-27-9-2-1-8-26(27)29-30(42)37-31(39-38-29)44-19-4-3-10-28(43)41-17-15-40(16-18-41)25-7-5-6-23(20-25)32(34,35)36/h1-2,5-9,11-14,20H,3-4,10,15-19,21H2. The van der Waals surface area contributed by atoms with Gasteiger partial charge in [-0.3, -0.25) is 4.79 Å². The van der Waals surface area contributed by atoms with Gasteiger partial charge in [-0.05, 0) is 54.8 Å². The van der Waals surface area contributed by atoms with Crippen molar-refractivity contribution < 1.29 is 22.4 Å². The van der Waals surface area contributed by atoms with Crippen LogP contribution in [0, 0.1) is 5.82 Å². The summed E-state index contributed by atoms with van der Waals surface area (Å²) in [4.78, 5) is 21.3. The molecule has 6 rings (SSSR count). The predicted molar refractivity (Wildman–Crippen MR) is 163 cm³/mol. The van der Waals surface area contributed by atoms with Crippen molar-refractivity contribution in [1.29, 1.82) is 0 Å². The van der Waals surface area contributed by atoms with E-state index in [1.54, 1.807) is 23.1 Å². The summed E-state index contributed by atoms with van der Waals surface area (Å²) in [6.07, 6.45) is -2.47. The van der Waals surface area contributed by atoms with Gasteiger partial charge in [-0.2, -0.15) is 13.2 Å². The minimum atomic E-state index is -4.38. The molecule has 228 valence electrons. The Morgan fingerprint density at radius 2 is 1.66 bits per heavy atom. The number of halogens is 4. The number of amides is 1. The number of piperazine rings is 1. The van der Waals surface area contributed by atoms with Crippen molar-refractivity contribution in [3.63, 3.8) is 0 Å². The van der Waals surface area contributed by atoms with E-state index in [0.717, 1.165) is 40.8 Å². The van der Waals surface area contributed by atoms with Gasteiger partial charge in [0.2, 0.25) is 11.1 Å². The van der Waals surface area contributed by atoms with Crippen LogP contribution in [0.1, 0.15) is 30.4 Å². The van der Waals surface area contributed by atoms with Gasteiger partial charge in [0, 0.05) is 56.0 Å². The highest BCUT2D eigenvalue weighted by Gasteiger charge is 2.31. The molecular formula is C32H30F4N6OS. The van der Waals surface area contributed by atoms with Crippen LogP contribution in [0.5, 0.6) is 0 Å². The maximum absolute atomic E-state index is 13.5. The third-order valence-corrected chi connectivity index (χ3v) is 8.72. The Hall–Kier alpha value is -4.19. The molecular weight excluding hydrogens is 592 g/mol. The number of alkyl halides is 3. The van der Waals surface area contributed by atoms with Crippen LogP contribution < -0.4 is 4.90 Å². The van der Waals surface area contributed by atoms with Crippen LogP contribution in [0.2, 0.25) is 0 Å². The fourth-order valence-electron chi connectivity index (χ4n) is 5.48. The summed E-state index contributed by atoms with van der Waals surface area (Å²) >= 11 is 1.49. The highest BCUT2D eigenvalue weighted by molar-refractivity contribution is 7.99. The number of carbonyl (C=O) groups is 1. The van der Waals surface area contributed by atoms with Crippen molar-refractivity contribution in [3.8, 4) is 0 Å². The number of para-hydroxylation sites is 1. The van der Waals surface area contributed by atoms with Crippen LogP contribution in [0.4, 0.5) is 23.2 Å². The molecule has 0 radical (unpaired) electrons. The van der Waals surface area contributed by atoms with Crippen molar-refractivity contribution >= 4 is 45.4 Å². The van der Waals surface area contributed by atoms with Crippen molar-refractivity contribution in [2.75, 3.05) is 36.8 Å². The minimum Gasteiger partial charge on any atom is -0.368 e. The summed E-state index contributed by atoms with van der Waals surface area (Å²) in [5.74, 6) is 0.502. The molecule has 3 aromatic carbocycles. The quantitative estimate of drug-likeness (QED) is 0.102. The Morgan fingerprint density at radius 1 is 0.886 bits per heavy atom. The highest BCUT2D eigenvalue weighted by atomic mass is 32.2. The normalized spacial score (nSPS) is 14.1. The summed E-state index contributed by atoms with van der Waals surface area (Å²) in [5.41, 5.74) is 3.21. The van der Waals surface area contributed by atoms with Gasteiger partial charge in [0.05, 0.1) is 11.1 Å². The first-order valence-corrected chi connectivity index (χ1v) is 15.4. The molecule has 0 bridgehead atoms. The molecule has 44 heavy (non-hydrogen) atoms. The Morgan fingerprint density at radius 3 is 2.43 bits per heavy atom. The molecule has 1 amide bonds. The van der Waals surface area contributed by atoms with Gasteiger partial charge in [0.15, 0.2) is 5.65 Å². The lowest BCUT2D eigenvalue weighted by molar-refractivity contribution is -0.137. The minimum absolute atomic E-state index is 0.0586. The fourth-order valence-corrected chi connectivity index (χ4v) is 6.26. The van der Waals surface area contributed by atoms with E-state index in [9.17, 15) is 22.4 Å². The molecule has 1 aliphatic rings. The van der Waals surface area contributed by atoms with Crippen LogP contribution in [-0.2, 0) is 17.5 Å². The van der Waals surface area contributed by atoms with E-state index in [-0.39, 0.29) is 11.7 Å². The summed E-state index contributed by atoms with van der Waals surface area (Å²) < 4.78 is 54.8. The van der Waals surface area contributed by atoms with E-state index in [0.29, 0.717) is 67.6 Å². The van der Waals surface area contributed by atoms with E-state index in [4.69, 9.17) is 4.98 Å². The van der Waals surface area contributed by atoms with Crippen molar-refractivity contribution in [2.45, 2.75) is 37.1 Å². The number of fused-ring (bicyclic) bond motifs is 3. The first kappa shape index (κ1) is 29.9. The molecule has 1 saturated heterocycles. The van der Waals surface area contributed by atoms with E-state index in [1.807, 2.05) is 29.2 Å². The molecule has 12 heteroatoms. The average Bonchev–Trinajstić information content (AvgIpc) is 3.34. The van der Waals surface area contributed by atoms with Gasteiger partial charge in [0.1, 0.15) is 11.3 Å². The lowest BCUT2D eigenvalue weighted by Gasteiger charge is -2.36. The molecule has 0 N–H and O–H groups in total. The third kappa shape index (κ3) is 6.64. The Kier molecular flexibility index (Phi) is 8.69. The van der Waals surface area contributed by atoms with Crippen LogP contribution in [0.15, 0.2) is 78.0 Å². The third-order valence-electron chi connectivity index (χ3n) is 7.80. The van der Waals surface area contributed by atoms with Gasteiger partial charge >= 0.3 is 6.18 Å². The average molecular weight is 623 g/mol. The Bertz CT molecular complexity index is 1770. The zero-order valence-corrected chi connectivity index (χ0v) is 24.6. The maximum Gasteiger partial charge on any atom is 0.416 e. The monoisotopic (exact) mass is 622 g/mol. The maximum atomic E-state index is 13.5. The molecule has 0 aliphatic carbocycles. The van der Waals surface area contributed by atoms with Gasteiger partial charge in [-0.25, -0.2) is 9.37 Å².